The first kappa shape index (κ1) is 20.5. The number of pyridine rings is 1. The number of aryl methyl sites for hydroxylation is 1. The summed E-state index contributed by atoms with van der Waals surface area (Å²) in [5, 5.41) is 0. The third-order valence-corrected chi connectivity index (χ3v) is 4.87. The molecule has 1 saturated heterocycles. The Bertz CT molecular complexity index is 943. The van der Waals surface area contributed by atoms with Gasteiger partial charge in [0.15, 0.2) is 11.6 Å². The first-order valence-corrected chi connectivity index (χ1v) is 9.90. The van der Waals surface area contributed by atoms with Gasteiger partial charge in [0.05, 0.1) is 9.13 Å². The highest BCUT2D eigenvalue weighted by Gasteiger charge is 2.34. The van der Waals surface area contributed by atoms with Crippen LogP contribution in [-0.4, -0.2) is 35.7 Å². The fourth-order valence-corrected chi connectivity index (χ4v) is 3.58. The molecule has 0 aliphatic carbocycles. The minimum Gasteiger partial charge on any atom is -0.456 e. The zero-order valence-corrected chi connectivity index (χ0v) is 18.3. The number of hydrogen-bond acceptors (Lipinski definition) is 4. The van der Waals surface area contributed by atoms with Crippen LogP contribution in [0.1, 0.15) is 36.8 Å². The van der Waals surface area contributed by atoms with E-state index in [1.165, 1.54) is 9.80 Å². The molecule has 0 unspecified atom stereocenters. The Morgan fingerprint density at radius 1 is 1.21 bits per heavy atom. The SMILES string of the molecule is Cc1cc(I)c(F)c(N2CCN(c3cccc(C(=O)OC(C)(C)C)c3)C2=O)n1. The molecule has 1 aliphatic heterocycles. The number of ether oxygens (including phenoxy) is 1. The molecular formula is C20H21FIN3O3. The van der Waals surface area contributed by atoms with Crippen molar-refractivity contribution in [1.29, 1.82) is 0 Å². The van der Waals surface area contributed by atoms with Crippen molar-refractivity contribution in [1.82, 2.24) is 4.98 Å². The second-order valence-electron chi connectivity index (χ2n) is 7.52. The normalized spacial score (nSPS) is 14.6. The van der Waals surface area contributed by atoms with Crippen molar-refractivity contribution in [3.63, 3.8) is 0 Å². The Labute approximate surface area is 176 Å². The fourth-order valence-electron chi connectivity index (χ4n) is 2.89. The minimum atomic E-state index is -0.612. The third-order valence-electron chi connectivity index (χ3n) is 4.08. The molecule has 0 saturated carbocycles. The summed E-state index contributed by atoms with van der Waals surface area (Å²) in [5.41, 5.74) is 0.935. The average molecular weight is 497 g/mol. The van der Waals surface area contributed by atoms with Crippen molar-refractivity contribution >= 4 is 46.1 Å². The maximum Gasteiger partial charge on any atom is 0.338 e. The van der Waals surface area contributed by atoms with E-state index in [0.29, 0.717) is 33.6 Å². The number of urea groups is 1. The summed E-state index contributed by atoms with van der Waals surface area (Å²) in [7, 11) is 0. The van der Waals surface area contributed by atoms with Crippen LogP contribution in [0.5, 0.6) is 0 Å². The highest BCUT2D eigenvalue weighted by molar-refractivity contribution is 14.1. The molecular weight excluding hydrogens is 476 g/mol. The van der Waals surface area contributed by atoms with Gasteiger partial charge in [-0.3, -0.25) is 9.80 Å². The second-order valence-corrected chi connectivity index (χ2v) is 8.68. The number of carbonyl (C=O) groups excluding carboxylic acids is 2. The number of nitrogens with zero attached hydrogens (tertiary/aromatic N) is 3. The molecule has 0 bridgehead atoms. The molecule has 8 heteroatoms. The van der Waals surface area contributed by atoms with E-state index in [-0.39, 0.29) is 11.8 Å². The summed E-state index contributed by atoms with van der Waals surface area (Å²) in [6, 6.07) is 7.92. The predicted molar refractivity (Wildman–Crippen MR) is 113 cm³/mol. The Balaban J connectivity index is 1.86. The predicted octanol–water partition coefficient (Wildman–Crippen LogP) is 4.54. The lowest BCUT2D eigenvalue weighted by molar-refractivity contribution is 0.00695. The summed E-state index contributed by atoms with van der Waals surface area (Å²) in [6.07, 6.45) is 0. The molecule has 0 radical (unpaired) electrons. The number of halogens is 2. The molecule has 1 aromatic carbocycles. The van der Waals surface area contributed by atoms with Crippen LogP contribution in [0.3, 0.4) is 0 Å². The molecule has 1 fully saturated rings. The van der Waals surface area contributed by atoms with Crippen molar-refractivity contribution in [3.8, 4) is 0 Å². The fraction of sp³-hybridized carbons (Fsp3) is 0.350. The lowest BCUT2D eigenvalue weighted by Gasteiger charge is -2.21. The van der Waals surface area contributed by atoms with Crippen molar-refractivity contribution < 1.29 is 18.7 Å². The summed E-state index contributed by atoms with van der Waals surface area (Å²) in [5.74, 6) is -0.942. The number of rotatable bonds is 3. The van der Waals surface area contributed by atoms with Gasteiger partial charge in [0.1, 0.15) is 5.60 Å². The van der Waals surface area contributed by atoms with Crippen molar-refractivity contribution in [3.05, 3.63) is 51.0 Å². The number of amides is 2. The molecule has 0 N–H and O–H groups in total. The van der Waals surface area contributed by atoms with Gasteiger partial charge in [-0.25, -0.2) is 19.0 Å². The van der Waals surface area contributed by atoms with Crippen LogP contribution in [0, 0.1) is 16.3 Å². The molecule has 1 aliphatic rings. The molecule has 1 aromatic heterocycles. The number of aromatic nitrogens is 1. The first-order chi connectivity index (χ1) is 13.1. The Kier molecular flexibility index (Phi) is 5.60. The summed E-state index contributed by atoms with van der Waals surface area (Å²) < 4.78 is 20.3. The first-order valence-electron chi connectivity index (χ1n) is 8.82. The minimum absolute atomic E-state index is 0.0280. The van der Waals surface area contributed by atoms with Crippen LogP contribution in [0.15, 0.2) is 30.3 Å². The summed E-state index contributed by atoms with van der Waals surface area (Å²) in [6.45, 7) is 7.80. The molecule has 28 heavy (non-hydrogen) atoms. The lowest BCUT2D eigenvalue weighted by atomic mass is 10.1. The summed E-state index contributed by atoms with van der Waals surface area (Å²) >= 11 is 1.89. The quantitative estimate of drug-likeness (QED) is 0.462. The van der Waals surface area contributed by atoms with Gasteiger partial charge in [-0.15, -0.1) is 0 Å². The Morgan fingerprint density at radius 2 is 1.89 bits per heavy atom. The van der Waals surface area contributed by atoms with Crippen molar-refractivity contribution in [2.45, 2.75) is 33.3 Å². The largest absolute Gasteiger partial charge is 0.456 e. The molecule has 148 valence electrons. The van der Waals surface area contributed by atoms with E-state index in [9.17, 15) is 14.0 Å². The highest BCUT2D eigenvalue weighted by Crippen LogP contribution is 2.29. The number of benzene rings is 1. The van der Waals surface area contributed by atoms with Gasteiger partial charge < -0.3 is 4.74 Å². The van der Waals surface area contributed by atoms with E-state index in [1.54, 1.807) is 58.0 Å². The Hall–Kier alpha value is -2.23. The van der Waals surface area contributed by atoms with E-state index >= 15 is 0 Å². The monoisotopic (exact) mass is 497 g/mol. The van der Waals surface area contributed by atoms with Crippen LogP contribution in [0.2, 0.25) is 0 Å². The van der Waals surface area contributed by atoms with E-state index in [1.807, 2.05) is 22.6 Å². The van der Waals surface area contributed by atoms with E-state index in [2.05, 4.69) is 4.98 Å². The van der Waals surface area contributed by atoms with Gasteiger partial charge in [-0.2, -0.15) is 0 Å². The van der Waals surface area contributed by atoms with Gasteiger partial charge in [0, 0.05) is 24.5 Å². The summed E-state index contributed by atoms with van der Waals surface area (Å²) in [4.78, 5) is 32.3. The highest BCUT2D eigenvalue weighted by atomic mass is 127. The van der Waals surface area contributed by atoms with Gasteiger partial charge in [0.25, 0.3) is 0 Å². The topological polar surface area (TPSA) is 62.7 Å². The van der Waals surface area contributed by atoms with E-state index in [4.69, 9.17) is 4.74 Å². The van der Waals surface area contributed by atoms with Gasteiger partial charge in [-0.05, 0) is 74.6 Å². The van der Waals surface area contributed by atoms with Crippen LogP contribution in [0.4, 0.5) is 20.7 Å². The third kappa shape index (κ3) is 4.26. The van der Waals surface area contributed by atoms with Crippen molar-refractivity contribution in [2.24, 2.45) is 0 Å². The lowest BCUT2D eigenvalue weighted by Crippen LogP contribution is -2.33. The maximum atomic E-state index is 14.5. The zero-order chi connectivity index (χ0) is 20.6. The maximum absolute atomic E-state index is 14.5. The molecule has 2 heterocycles. The zero-order valence-electron chi connectivity index (χ0n) is 16.1. The number of hydrogen-bond donors (Lipinski definition) is 0. The van der Waals surface area contributed by atoms with Crippen LogP contribution in [0.25, 0.3) is 0 Å². The van der Waals surface area contributed by atoms with E-state index in [0.717, 1.165) is 0 Å². The van der Waals surface area contributed by atoms with Gasteiger partial charge >= 0.3 is 12.0 Å². The molecule has 2 amide bonds. The Morgan fingerprint density at radius 3 is 2.57 bits per heavy atom. The van der Waals surface area contributed by atoms with Crippen LogP contribution >= 0.6 is 22.6 Å². The van der Waals surface area contributed by atoms with Gasteiger partial charge in [0.2, 0.25) is 0 Å². The van der Waals surface area contributed by atoms with Crippen molar-refractivity contribution in [2.75, 3.05) is 22.9 Å². The molecule has 0 spiro atoms. The molecule has 3 rings (SSSR count). The molecule has 6 nitrogen and oxygen atoms in total. The molecule has 2 aromatic rings. The average Bonchev–Trinajstić information content (AvgIpc) is 2.98. The standard InChI is InChI=1S/C20H21FIN3O3/c1-12-10-15(22)16(21)17(23-12)25-9-8-24(19(25)27)14-7-5-6-13(11-14)18(26)28-20(2,3)4/h5-7,10-11H,8-9H2,1-4H3. The van der Waals surface area contributed by atoms with Crippen LogP contribution in [-0.2, 0) is 4.74 Å². The molecule has 0 atom stereocenters. The van der Waals surface area contributed by atoms with Crippen LogP contribution < -0.4 is 9.80 Å². The van der Waals surface area contributed by atoms with E-state index < -0.39 is 17.4 Å². The number of esters is 1. The number of anilines is 2. The smallest absolute Gasteiger partial charge is 0.338 e. The van der Waals surface area contributed by atoms with Gasteiger partial charge in [-0.1, -0.05) is 6.07 Å². The number of carbonyl (C=O) groups is 2. The second kappa shape index (κ2) is 7.65.